The molecule has 140 valence electrons. The normalized spacial score (nSPS) is 15.5. The van der Waals surface area contributed by atoms with E-state index in [1.54, 1.807) is 30.7 Å². The molecule has 0 amide bonds. The van der Waals surface area contributed by atoms with Gasteiger partial charge < -0.3 is 9.26 Å². The number of ether oxygens (including phenoxy) is 1. The van der Waals surface area contributed by atoms with Crippen LogP contribution in [-0.4, -0.2) is 44.5 Å². The van der Waals surface area contributed by atoms with E-state index in [1.165, 1.54) is 12.1 Å². The van der Waals surface area contributed by atoms with Gasteiger partial charge in [0.15, 0.2) is 0 Å². The van der Waals surface area contributed by atoms with Crippen LogP contribution in [0.5, 0.6) is 5.75 Å². The molecule has 10 heteroatoms. The summed E-state index contributed by atoms with van der Waals surface area (Å²) in [6, 6.07) is 5.86. The summed E-state index contributed by atoms with van der Waals surface area (Å²) in [5.74, 6) is 0.837. The Morgan fingerprint density at radius 3 is 2.59 bits per heavy atom. The molecule has 3 heterocycles. The highest BCUT2D eigenvalue weighted by Gasteiger charge is 2.33. The topological polar surface area (TPSA) is 77.2 Å². The molecule has 0 bridgehead atoms. The molecule has 1 saturated heterocycles. The van der Waals surface area contributed by atoms with Crippen LogP contribution in [-0.2, 0) is 6.54 Å². The van der Waals surface area contributed by atoms with Crippen molar-refractivity contribution in [1.29, 1.82) is 0 Å². The van der Waals surface area contributed by atoms with Crippen LogP contribution in [0.25, 0.3) is 11.5 Å². The molecule has 0 aliphatic carbocycles. The van der Waals surface area contributed by atoms with E-state index >= 15 is 0 Å². The number of benzene rings is 1. The number of hydrogen-bond donors (Lipinski definition) is 0. The molecule has 0 radical (unpaired) electrons. The van der Waals surface area contributed by atoms with Gasteiger partial charge in [-0.2, -0.15) is 4.98 Å². The average Bonchev–Trinajstić information content (AvgIpc) is 3.08. The van der Waals surface area contributed by atoms with Crippen LogP contribution >= 0.6 is 0 Å². The molecule has 3 aromatic rings. The van der Waals surface area contributed by atoms with E-state index in [2.05, 4.69) is 29.7 Å². The van der Waals surface area contributed by atoms with Crippen molar-refractivity contribution in [3.8, 4) is 17.3 Å². The zero-order chi connectivity index (χ0) is 18.9. The van der Waals surface area contributed by atoms with Crippen LogP contribution < -0.4 is 4.74 Å². The molecular formula is C17H14F3N5O2. The van der Waals surface area contributed by atoms with Gasteiger partial charge in [-0.15, -0.1) is 13.2 Å². The minimum Gasteiger partial charge on any atom is -0.406 e. The highest BCUT2D eigenvalue weighted by molar-refractivity contribution is 5.45. The molecule has 0 spiro atoms. The van der Waals surface area contributed by atoms with E-state index in [0.717, 1.165) is 18.7 Å². The SMILES string of the molecule is FC(F)(F)Oc1ccc(CN2CC(c3nc(-c4cnccn4)no3)C2)cc1. The average molecular weight is 377 g/mol. The summed E-state index contributed by atoms with van der Waals surface area (Å²) < 4.78 is 45.7. The first-order chi connectivity index (χ1) is 13.0. The lowest BCUT2D eigenvalue weighted by Crippen LogP contribution is -2.44. The molecule has 1 aliphatic rings. The second-order valence-corrected chi connectivity index (χ2v) is 6.13. The third-order valence-corrected chi connectivity index (χ3v) is 4.10. The van der Waals surface area contributed by atoms with E-state index in [-0.39, 0.29) is 11.7 Å². The lowest BCUT2D eigenvalue weighted by atomic mass is 9.99. The Morgan fingerprint density at radius 1 is 1.15 bits per heavy atom. The van der Waals surface area contributed by atoms with E-state index in [0.29, 0.717) is 24.0 Å². The van der Waals surface area contributed by atoms with Crippen molar-refractivity contribution >= 4 is 0 Å². The molecular weight excluding hydrogens is 363 g/mol. The monoisotopic (exact) mass is 377 g/mol. The molecule has 7 nitrogen and oxygen atoms in total. The van der Waals surface area contributed by atoms with Crippen LogP contribution in [0.4, 0.5) is 13.2 Å². The van der Waals surface area contributed by atoms with Crippen LogP contribution in [0.2, 0.25) is 0 Å². The predicted molar refractivity (Wildman–Crippen MR) is 86.5 cm³/mol. The van der Waals surface area contributed by atoms with E-state index < -0.39 is 6.36 Å². The maximum absolute atomic E-state index is 12.2. The number of nitrogens with zero attached hydrogens (tertiary/aromatic N) is 5. The highest BCUT2D eigenvalue weighted by atomic mass is 19.4. The van der Waals surface area contributed by atoms with Gasteiger partial charge in [0, 0.05) is 32.0 Å². The summed E-state index contributed by atoms with van der Waals surface area (Å²) in [6.07, 6.45) is 0.00586. The molecule has 0 N–H and O–H groups in total. The minimum absolute atomic E-state index is 0.121. The lowest BCUT2D eigenvalue weighted by molar-refractivity contribution is -0.274. The van der Waals surface area contributed by atoms with Gasteiger partial charge in [0.05, 0.1) is 12.1 Å². The Morgan fingerprint density at radius 2 is 1.93 bits per heavy atom. The molecule has 1 fully saturated rings. The third kappa shape index (κ3) is 4.22. The van der Waals surface area contributed by atoms with Crippen molar-refractivity contribution in [2.75, 3.05) is 13.1 Å². The van der Waals surface area contributed by atoms with Crippen molar-refractivity contribution in [3.05, 3.63) is 54.3 Å². The second kappa shape index (κ2) is 6.95. The van der Waals surface area contributed by atoms with Crippen molar-refractivity contribution in [3.63, 3.8) is 0 Å². The summed E-state index contributed by atoms with van der Waals surface area (Å²) in [6.45, 7) is 2.07. The highest BCUT2D eigenvalue weighted by Crippen LogP contribution is 2.29. The number of hydrogen-bond acceptors (Lipinski definition) is 7. The molecule has 2 aromatic heterocycles. The Bertz CT molecular complexity index is 893. The summed E-state index contributed by atoms with van der Waals surface area (Å²) in [5, 5.41) is 3.92. The first-order valence-corrected chi connectivity index (χ1v) is 8.13. The number of rotatable bonds is 5. The van der Waals surface area contributed by atoms with Crippen LogP contribution in [0, 0.1) is 0 Å². The van der Waals surface area contributed by atoms with E-state index in [1.807, 2.05) is 0 Å². The van der Waals surface area contributed by atoms with Gasteiger partial charge in [-0.05, 0) is 17.7 Å². The van der Waals surface area contributed by atoms with Gasteiger partial charge in [0.1, 0.15) is 11.4 Å². The van der Waals surface area contributed by atoms with Gasteiger partial charge in [-0.3, -0.25) is 9.88 Å². The largest absolute Gasteiger partial charge is 0.573 e. The van der Waals surface area contributed by atoms with E-state index in [4.69, 9.17) is 4.52 Å². The number of likely N-dealkylation sites (tertiary alicyclic amines) is 1. The Kier molecular flexibility index (Phi) is 4.48. The fourth-order valence-corrected chi connectivity index (χ4v) is 2.83. The van der Waals surface area contributed by atoms with Gasteiger partial charge in [-0.25, -0.2) is 4.98 Å². The van der Waals surface area contributed by atoms with Crippen LogP contribution in [0.15, 0.2) is 47.4 Å². The summed E-state index contributed by atoms with van der Waals surface area (Å²) in [5.41, 5.74) is 1.44. The zero-order valence-electron chi connectivity index (χ0n) is 13.9. The fraction of sp³-hybridized carbons (Fsp3) is 0.294. The molecule has 0 unspecified atom stereocenters. The maximum atomic E-state index is 12.2. The second-order valence-electron chi connectivity index (χ2n) is 6.13. The van der Waals surface area contributed by atoms with Gasteiger partial charge >= 0.3 is 6.36 Å². The van der Waals surface area contributed by atoms with Crippen molar-refractivity contribution in [2.45, 2.75) is 18.8 Å². The smallest absolute Gasteiger partial charge is 0.406 e. The zero-order valence-corrected chi connectivity index (χ0v) is 13.9. The number of alkyl halides is 3. The lowest BCUT2D eigenvalue weighted by Gasteiger charge is -2.37. The molecule has 0 atom stereocenters. The number of halogens is 3. The van der Waals surface area contributed by atoms with Gasteiger partial charge in [0.2, 0.25) is 11.7 Å². The number of aromatic nitrogens is 4. The predicted octanol–water partition coefficient (Wildman–Crippen LogP) is 3.02. The van der Waals surface area contributed by atoms with Crippen molar-refractivity contribution in [1.82, 2.24) is 25.0 Å². The minimum atomic E-state index is -4.68. The molecule has 27 heavy (non-hydrogen) atoms. The van der Waals surface area contributed by atoms with E-state index in [9.17, 15) is 13.2 Å². The quantitative estimate of drug-likeness (QED) is 0.676. The summed E-state index contributed by atoms with van der Waals surface area (Å²) in [4.78, 5) is 14.6. The van der Waals surface area contributed by atoms with Gasteiger partial charge in [-0.1, -0.05) is 17.3 Å². The summed E-state index contributed by atoms with van der Waals surface area (Å²) >= 11 is 0. The Hall–Kier alpha value is -3.01. The third-order valence-electron chi connectivity index (χ3n) is 4.10. The first-order valence-electron chi connectivity index (χ1n) is 8.13. The fourth-order valence-electron chi connectivity index (χ4n) is 2.83. The standard InChI is InChI=1S/C17H14F3N5O2/c18-17(19,20)26-13-3-1-11(2-4-13)8-25-9-12(10-25)16-23-15(24-27-16)14-7-21-5-6-22-14/h1-7,12H,8-10H2. The Labute approximate surface area is 151 Å². The molecule has 1 aromatic carbocycles. The Balaban J connectivity index is 1.31. The molecule has 4 rings (SSSR count). The van der Waals surface area contributed by atoms with Crippen molar-refractivity contribution in [2.24, 2.45) is 0 Å². The first kappa shape index (κ1) is 17.4. The van der Waals surface area contributed by atoms with Crippen LogP contribution in [0.1, 0.15) is 17.4 Å². The van der Waals surface area contributed by atoms with Crippen molar-refractivity contribution < 1.29 is 22.4 Å². The van der Waals surface area contributed by atoms with Crippen LogP contribution in [0.3, 0.4) is 0 Å². The maximum Gasteiger partial charge on any atom is 0.573 e. The van der Waals surface area contributed by atoms with Gasteiger partial charge in [0.25, 0.3) is 0 Å². The molecule has 0 saturated carbocycles. The summed E-state index contributed by atoms with van der Waals surface area (Å²) in [7, 11) is 0. The molecule has 1 aliphatic heterocycles.